The largest absolute Gasteiger partial charge is 0.326 e. The minimum atomic E-state index is -0.836. The van der Waals surface area contributed by atoms with Crippen LogP contribution in [0.2, 0.25) is 0 Å². The molecule has 0 radical (unpaired) electrons. The third kappa shape index (κ3) is 1.87. The molecule has 0 fully saturated rings. The summed E-state index contributed by atoms with van der Waals surface area (Å²) in [6, 6.07) is 2.64. The number of halogens is 3. The topological polar surface area (TPSA) is 26.0 Å². The zero-order valence-electron chi connectivity index (χ0n) is 5.57. The summed E-state index contributed by atoms with van der Waals surface area (Å²) in [6.07, 6.45) is 0. The summed E-state index contributed by atoms with van der Waals surface area (Å²) in [5.74, 6) is -1.64. The fourth-order valence-electron chi connectivity index (χ4n) is 0.726. The Balaban J connectivity index is 3.21. The second-order valence-electron chi connectivity index (χ2n) is 2.08. The van der Waals surface area contributed by atoms with Crippen LogP contribution in [0.1, 0.15) is 5.56 Å². The average Bonchev–Trinajstić information content (AvgIpc) is 1.99. The van der Waals surface area contributed by atoms with E-state index >= 15 is 0 Å². The molecule has 1 aromatic carbocycles. The van der Waals surface area contributed by atoms with Gasteiger partial charge in [0.05, 0.1) is 3.57 Å². The van der Waals surface area contributed by atoms with E-state index in [0.717, 1.165) is 6.07 Å². The van der Waals surface area contributed by atoms with Crippen molar-refractivity contribution in [3.05, 3.63) is 32.9 Å². The summed E-state index contributed by atoms with van der Waals surface area (Å²) in [5, 5.41) is 0. The normalized spacial score (nSPS) is 10.2. The van der Waals surface area contributed by atoms with Crippen molar-refractivity contribution in [1.29, 1.82) is 0 Å². The van der Waals surface area contributed by atoms with Crippen molar-refractivity contribution in [2.75, 3.05) is 0 Å². The molecule has 0 amide bonds. The molecule has 0 aliphatic carbocycles. The van der Waals surface area contributed by atoms with Gasteiger partial charge in [0.25, 0.3) is 0 Å². The Morgan fingerprint density at radius 1 is 1.36 bits per heavy atom. The van der Waals surface area contributed by atoms with Gasteiger partial charge < -0.3 is 5.73 Å². The number of benzene rings is 1. The van der Waals surface area contributed by atoms with E-state index < -0.39 is 11.6 Å². The van der Waals surface area contributed by atoms with Crippen LogP contribution in [0.5, 0.6) is 0 Å². The molecule has 0 unspecified atom stereocenters. The van der Waals surface area contributed by atoms with Crippen molar-refractivity contribution < 1.29 is 8.78 Å². The first-order valence-electron chi connectivity index (χ1n) is 2.98. The predicted molar refractivity (Wildman–Crippen MR) is 47.0 cm³/mol. The van der Waals surface area contributed by atoms with Crippen LogP contribution >= 0.6 is 22.6 Å². The molecule has 0 aliphatic heterocycles. The van der Waals surface area contributed by atoms with Crippen LogP contribution in [0.25, 0.3) is 0 Å². The highest BCUT2D eigenvalue weighted by molar-refractivity contribution is 14.1. The summed E-state index contributed by atoms with van der Waals surface area (Å²) < 4.78 is 25.5. The first-order chi connectivity index (χ1) is 5.15. The number of hydrogen-bond acceptors (Lipinski definition) is 1. The highest BCUT2D eigenvalue weighted by atomic mass is 127. The van der Waals surface area contributed by atoms with E-state index in [4.69, 9.17) is 5.73 Å². The van der Waals surface area contributed by atoms with E-state index in [1.165, 1.54) is 6.07 Å². The maximum Gasteiger partial charge on any atom is 0.172 e. The Labute approximate surface area is 76.7 Å². The Morgan fingerprint density at radius 2 is 2.00 bits per heavy atom. The molecule has 0 aromatic heterocycles. The Morgan fingerprint density at radius 3 is 2.45 bits per heavy atom. The van der Waals surface area contributed by atoms with Crippen molar-refractivity contribution in [3.8, 4) is 0 Å². The Bertz CT molecular complexity index is 252. The highest BCUT2D eigenvalue weighted by Gasteiger charge is 2.06. The Kier molecular flexibility index (Phi) is 2.78. The minimum absolute atomic E-state index is 0.229. The molecule has 0 atom stereocenters. The lowest BCUT2D eigenvalue weighted by atomic mass is 10.2. The molecule has 0 bridgehead atoms. The SMILES string of the molecule is NCc1cc(F)c(F)c(I)c1. The monoisotopic (exact) mass is 269 g/mol. The Hall–Kier alpha value is -0.230. The number of rotatable bonds is 1. The van der Waals surface area contributed by atoms with E-state index in [1.807, 2.05) is 0 Å². The number of hydrogen-bond donors (Lipinski definition) is 1. The first kappa shape index (κ1) is 8.86. The van der Waals surface area contributed by atoms with Gasteiger partial charge in [-0.15, -0.1) is 0 Å². The molecule has 0 aliphatic rings. The van der Waals surface area contributed by atoms with E-state index in [-0.39, 0.29) is 10.1 Å². The second kappa shape index (κ2) is 3.44. The van der Waals surface area contributed by atoms with Crippen LogP contribution in [0.15, 0.2) is 12.1 Å². The zero-order chi connectivity index (χ0) is 8.43. The van der Waals surface area contributed by atoms with Gasteiger partial charge in [-0.25, -0.2) is 8.78 Å². The molecule has 60 valence electrons. The molecule has 2 N–H and O–H groups in total. The summed E-state index contributed by atoms with van der Waals surface area (Å²) in [7, 11) is 0. The maximum atomic E-state index is 12.6. The molecule has 1 aromatic rings. The fraction of sp³-hybridized carbons (Fsp3) is 0.143. The molecule has 0 saturated carbocycles. The lowest BCUT2D eigenvalue weighted by Gasteiger charge is -1.99. The van der Waals surface area contributed by atoms with Crippen LogP contribution in [0, 0.1) is 15.2 Å². The maximum absolute atomic E-state index is 12.6. The van der Waals surface area contributed by atoms with E-state index in [0.29, 0.717) is 5.56 Å². The third-order valence-electron chi connectivity index (χ3n) is 1.28. The van der Waals surface area contributed by atoms with E-state index in [9.17, 15) is 8.78 Å². The average molecular weight is 269 g/mol. The summed E-state index contributed by atoms with van der Waals surface area (Å²) in [6.45, 7) is 0.229. The van der Waals surface area contributed by atoms with Crippen molar-refractivity contribution >= 4 is 22.6 Å². The van der Waals surface area contributed by atoms with Crippen molar-refractivity contribution in [1.82, 2.24) is 0 Å². The molecule has 0 spiro atoms. The van der Waals surface area contributed by atoms with E-state index in [1.54, 1.807) is 22.6 Å². The second-order valence-corrected chi connectivity index (χ2v) is 3.24. The van der Waals surface area contributed by atoms with Crippen molar-refractivity contribution in [2.45, 2.75) is 6.54 Å². The van der Waals surface area contributed by atoms with Crippen LogP contribution in [0.3, 0.4) is 0 Å². The standard InChI is InChI=1S/C7H6F2IN/c8-5-1-4(3-11)2-6(10)7(5)9/h1-2H,3,11H2. The van der Waals surface area contributed by atoms with Crippen LogP contribution in [-0.4, -0.2) is 0 Å². The molecule has 4 heteroatoms. The van der Waals surface area contributed by atoms with Gasteiger partial charge in [-0.05, 0) is 40.3 Å². The van der Waals surface area contributed by atoms with Crippen LogP contribution < -0.4 is 5.73 Å². The minimum Gasteiger partial charge on any atom is -0.326 e. The molecule has 11 heavy (non-hydrogen) atoms. The number of nitrogens with two attached hydrogens (primary N) is 1. The molecule has 0 heterocycles. The lowest BCUT2D eigenvalue weighted by molar-refractivity contribution is 0.502. The first-order valence-corrected chi connectivity index (χ1v) is 4.06. The summed E-state index contributed by atoms with van der Waals surface area (Å²) in [5.41, 5.74) is 5.85. The lowest BCUT2D eigenvalue weighted by Crippen LogP contribution is -1.99. The quantitative estimate of drug-likeness (QED) is 0.612. The zero-order valence-corrected chi connectivity index (χ0v) is 7.73. The van der Waals surface area contributed by atoms with Gasteiger partial charge in [0.1, 0.15) is 0 Å². The van der Waals surface area contributed by atoms with Gasteiger partial charge in [-0.1, -0.05) is 0 Å². The van der Waals surface area contributed by atoms with Gasteiger partial charge in [0, 0.05) is 6.54 Å². The van der Waals surface area contributed by atoms with Gasteiger partial charge in [-0.2, -0.15) is 0 Å². The highest BCUT2D eigenvalue weighted by Crippen LogP contribution is 2.16. The molecule has 0 saturated heterocycles. The summed E-state index contributed by atoms with van der Waals surface area (Å²) in [4.78, 5) is 0. The summed E-state index contributed by atoms with van der Waals surface area (Å²) >= 11 is 1.73. The van der Waals surface area contributed by atoms with Crippen LogP contribution in [-0.2, 0) is 6.54 Å². The van der Waals surface area contributed by atoms with Gasteiger partial charge in [0.2, 0.25) is 0 Å². The smallest absolute Gasteiger partial charge is 0.172 e. The fourth-order valence-corrected chi connectivity index (χ4v) is 1.38. The van der Waals surface area contributed by atoms with Crippen molar-refractivity contribution in [3.63, 3.8) is 0 Å². The van der Waals surface area contributed by atoms with Gasteiger partial charge >= 0.3 is 0 Å². The molecule has 1 rings (SSSR count). The molecular formula is C7H6F2IN. The molecule has 1 nitrogen and oxygen atoms in total. The van der Waals surface area contributed by atoms with Gasteiger partial charge in [-0.3, -0.25) is 0 Å². The third-order valence-corrected chi connectivity index (χ3v) is 2.06. The van der Waals surface area contributed by atoms with Crippen LogP contribution in [0.4, 0.5) is 8.78 Å². The van der Waals surface area contributed by atoms with Crippen molar-refractivity contribution in [2.24, 2.45) is 5.73 Å². The van der Waals surface area contributed by atoms with E-state index in [2.05, 4.69) is 0 Å². The predicted octanol–water partition coefficient (Wildman–Crippen LogP) is 2.03. The van der Waals surface area contributed by atoms with Gasteiger partial charge in [0.15, 0.2) is 11.6 Å². The molecular weight excluding hydrogens is 263 g/mol.